The molecule has 0 unspecified atom stereocenters. The van der Waals surface area contributed by atoms with Crippen LogP contribution in [0, 0.1) is 0 Å². The van der Waals surface area contributed by atoms with E-state index in [4.69, 9.17) is 0 Å². The van der Waals surface area contributed by atoms with E-state index in [0.717, 1.165) is 10.8 Å². The molecule has 0 aliphatic rings. The molecule has 0 fully saturated rings. The van der Waals surface area contributed by atoms with Crippen LogP contribution < -0.4 is 0 Å². The summed E-state index contributed by atoms with van der Waals surface area (Å²) in [7, 11) is 0. The van der Waals surface area contributed by atoms with Gasteiger partial charge in [-0.05, 0) is 30.7 Å². The second kappa shape index (κ2) is 5.88. The second-order valence-corrected chi connectivity index (χ2v) is 5.71. The third-order valence-electron chi connectivity index (χ3n) is 2.93. The molecule has 0 saturated carbocycles. The van der Waals surface area contributed by atoms with E-state index in [0.29, 0.717) is 5.25 Å². The Morgan fingerprint density at radius 3 is 2.50 bits per heavy atom. The van der Waals surface area contributed by atoms with Crippen LogP contribution in [-0.4, -0.2) is 20.0 Å². The zero-order valence-corrected chi connectivity index (χ0v) is 11.9. The van der Waals surface area contributed by atoms with Crippen molar-refractivity contribution in [1.82, 2.24) is 20.0 Å². The summed E-state index contributed by atoms with van der Waals surface area (Å²) < 4.78 is 1.70. The van der Waals surface area contributed by atoms with E-state index in [1.807, 2.05) is 30.5 Å². The summed E-state index contributed by atoms with van der Waals surface area (Å²) in [6.07, 6.45) is 3.57. The first kappa shape index (κ1) is 12.9. The van der Waals surface area contributed by atoms with Crippen LogP contribution in [0.3, 0.4) is 0 Å². The van der Waals surface area contributed by atoms with Crippen molar-refractivity contribution < 1.29 is 0 Å². The average molecular weight is 282 g/mol. The Labute approximate surface area is 121 Å². The maximum atomic E-state index is 4.25. The predicted octanol–water partition coefficient (Wildman–Crippen LogP) is 3.52. The average Bonchev–Trinajstić information content (AvgIpc) is 3.03. The third-order valence-corrected chi connectivity index (χ3v) is 4.02. The van der Waals surface area contributed by atoms with Gasteiger partial charge in [0.1, 0.15) is 5.03 Å². The minimum atomic E-state index is 0.348. The molecule has 2 heterocycles. The number of nitrogens with zero attached hydrogens (tertiary/aromatic N) is 4. The van der Waals surface area contributed by atoms with E-state index in [9.17, 15) is 0 Å². The molecule has 0 bridgehead atoms. The van der Waals surface area contributed by atoms with Gasteiger partial charge in [0.25, 0.3) is 0 Å². The van der Waals surface area contributed by atoms with Crippen molar-refractivity contribution in [3.8, 4) is 5.82 Å². The first-order chi connectivity index (χ1) is 9.83. The largest absolute Gasteiger partial charge is 0.221 e. The van der Waals surface area contributed by atoms with Crippen LogP contribution in [0.1, 0.15) is 17.7 Å². The minimum Gasteiger partial charge on any atom is -0.221 e. The molecule has 0 radical (unpaired) electrons. The number of thioether (sulfide) groups is 1. The van der Waals surface area contributed by atoms with Crippen LogP contribution in [0.25, 0.3) is 5.82 Å². The van der Waals surface area contributed by atoms with Crippen LogP contribution in [0.15, 0.2) is 66.0 Å². The summed E-state index contributed by atoms with van der Waals surface area (Å²) >= 11 is 1.70. The van der Waals surface area contributed by atoms with Gasteiger partial charge >= 0.3 is 0 Å². The molecule has 1 aromatic carbocycles. The normalized spacial score (nSPS) is 12.2. The summed E-state index contributed by atoms with van der Waals surface area (Å²) in [5.74, 6) is 0.728. The van der Waals surface area contributed by atoms with E-state index in [-0.39, 0.29) is 0 Å². The minimum absolute atomic E-state index is 0.348. The van der Waals surface area contributed by atoms with Gasteiger partial charge in [-0.2, -0.15) is 5.10 Å². The Kier molecular flexibility index (Phi) is 3.78. The summed E-state index contributed by atoms with van der Waals surface area (Å²) in [5, 5.41) is 13.8. The van der Waals surface area contributed by atoms with E-state index in [1.165, 1.54) is 5.56 Å². The lowest BCUT2D eigenvalue weighted by Crippen LogP contribution is -2.00. The third kappa shape index (κ3) is 2.88. The Morgan fingerprint density at radius 1 is 1.00 bits per heavy atom. The lowest BCUT2D eigenvalue weighted by molar-refractivity contribution is 0.791. The molecule has 0 aliphatic heterocycles. The highest BCUT2D eigenvalue weighted by Crippen LogP contribution is 2.33. The molecule has 2 aromatic heterocycles. The summed E-state index contributed by atoms with van der Waals surface area (Å²) in [5.41, 5.74) is 1.29. The molecule has 100 valence electrons. The van der Waals surface area contributed by atoms with Gasteiger partial charge < -0.3 is 0 Å². The van der Waals surface area contributed by atoms with Gasteiger partial charge in [-0.3, -0.25) is 0 Å². The second-order valence-electron chi connectivity index (χ2n) is 4.35. The maximum Gasteiger partial charge on any atom is 0.175 e. The Bertz CT molecular complexity index is 650. The molecule has 0 saturated heterocycles. The van der Waals surface area contributed by atoms with Crippen LogP contribution in [-0.2, 0) is 0 Å². The van der Waals surface area contributed by atoms with Crippen LogP contribution >= 0.6 is 11.8 Å². The van der Waals surface area contributed by atoms with Gasteiger partial charge in [0.15, 0.2) is 5.82 Å². The molecule has 0 spiro atoms. The smallest absolute Gasteiger partial charge is 0.175 e. The molecule has 0 aliphatic carbocycles. The van der Waals surface area contributed by atoms with E-state index in [1.54, 1.807) is 22.6 Å². The van der Waals surface area contributed by atoms with E-state index < -0.39 is 0 Å². The zero-order chi connectivity index (χ0) is 13.8. The SMILES string of the molecule is C[C@H](Sc1ccc(-n2cccn2)nn1)c1ccccc1. The molecular formula is C15H14N4S. The summed E-state index contributed by atoms with van der Waals surface area (Å²) in [6, 6.07) is 16.2. The summed E-state index contributed by atoms with van der Waals surface area (Å²) in [6.45, 7) is 2.17. The zero-order valence-electron chi connectivity index (χ0n) is 11.0. The quantitative estimate of drug-likeness (QED) is 0.687. The molecule has 5 heteroatoms. The van der Waals surface area contributed by atoms with Crippen molar-refractivity contribution in [2.24, 2.45) is 0 Å². The number of benzene rings is 1. The predicted molar refractivity (Wildman–Crippen MR) is 79.9 cm³/mol. The number of hydrogen-bond acceptors (Lipinski definition) is 4. The van der Waals surface area contributed by atoms with Crippen molar-refractivity contribution in [3.05, 3.63) is 66.5 Å². The van der Waals surface area contributed by atoms with Gasteiger partial charge in [-0.1, -0.05) is 42.1 Å². The van der Waals surface area contributed by atoms with Crippen molar-refractivity contribution in [2.75, 3.05) is 0 Å². The van der Waals surface area contributed by atoms with Crippen LogP contribution in [0.5, 0.6) is 0 Å². The van der Waals surface area contributed by atoms with Crippen LogP contribution in [0.2, 0.25) is 0 Å². The Morgan fingerprint density at radius 2 is 1.85 bits per heavy atom. The fourth-order valence-corrected chi connectivity index (χ4v) is 2.77. The first-order valence-electron chi connectivity index (χ1n) is 6.38. The maximum absolute atomic E-state index is 4.25. The Hall–Kier alpha value is -2.14. The van der Waals surface area contributed by atoms with Crippen molar-refractivity contribution in [1.29, 1.82) is 0 Å². The van der Waals surface area contributed by atoms with Crippen molar-refractivity contribution in [2.45, 2.75) is 17.2 Å². The molecule has 0 amide bonds. The van der Waals surface area contributed by atoms with Crippen molar-refractivity contribution in [3.63, 3.8) is 0 Å². The molecule has 0 N–H and O–H groups in total. The van der Waals surface area contributed by atoms with Gasteiger partial charge in [-0.15, -0.1) is 10.2 Å². The standard InChI is InChI=1S/C15H14N4S/c1-12(13-6-3-2-4-7-13)20-15-9-8-14(17-18-15)19-11-5-10-16-19/h2-12H,1H3/t12-/m0/s1. The molecule has 3 aromatic rings. The summed E-state index contributed by atoms with van der Waals surface area (Å²) in [4.78, 5) is 0. The molecular weight excluding hydrogens is 268 g/mol. The molecule has 1 atom stereocenters. The van der Waals surface area contributed by atoms with Gasteiger partial charge in [0.05, 0.1) is 0 Å². The topological polar surface area (TPSA) is 43.6 Å². The highest BCUT2D eigenvalue weighted by Gasteiger charge is 2.08. The van der Waals surface area contributed by atoms with E-state index >= 15 is 0 Å². The van der Waals surface area contributed by atoms with Gasteiger partial charge in [0, 0.05) is 17.6 Å². The fraction of sp³-hybridized carbons (Fsp3) is 0.133. The van der Waals surface area contributed by atoms with E-state index in [2.05, 4.69) is 46.5 Å². The van der Waals surface area contributed by atoms with Crippen LogP contribution in [0.4, 0.5) is 0 Å². The molecule has 3 rings (SSSR count). The lowest BCUT2D eigenvalue weighted by atomic mass is 10.2. The number of rotatable bonds is 4. The number of aromatic nitrogens is 4. The highest BCUT2D eigenvalue weighted by atomic mass is 32.2. The molecule has 4 nitrogen and oxygen atoms in total. The lowest BCUT2D eigenvalue weighted by Gasteiger charge is -2.10. The van der Waals surface area contributed by atoms with Gasteiger partial charge in [-0.25, -0.2) is 4.68 Å². The first-order valence-corrected chi connectivity index (χ1v) is 7.26. The van der Waals surface area contributed by atoms with Gasteiger partial charge in [0.2, 0.25) is 0 Å². The fourth-order valence-electron chi connectivity index (χ4n) is 1.88. The number of hydrogen-bond donors (Lipinski definition) is 0. The molecule has 20 heavy (non-hydrogen) atoms. The highest BCUT2D eigenvalue weighted by molar-refractivity contribution is 7.99. The monoisotopic (exact) mass is 282 g/mol. The van der Waals surface area contributed by atoms with Crippen molar-refractivity contribution >= 4 is 11.8 Å². The Balaban J connectivity index is 1.72.